The summed E-state index contributed by atoms with van der Waals surface area (Å²) in [6.07, 6.45) is 1.95. The Balaban J connectivity index is 2.58. The number of carbonyl (C=O) groups is 1. The quantitative estimate of drug-likeness (QED) is 0.811. The van der Waals surface area contributed by atoms with Crippen LogP contribution in [-0.4, -0.2) is 21.0 Å². The van der Waals surface area contributed by atoms with Gasteiger partial charge in [-0.2, -0.15) is 0 Å². The molecule has 0 atom stereocenters. The maximum absolute atomic E-state index is 10.8. The summed E-state index contributed by atoms with van der Waals surface area (Å²) in [6, 6.07) is 4.86. The molecule has 16 heavy (non-hydrogen) atoms. The molecule has 0 aliphatic rings. The number of aromatic nitrogens is 2. The zero-order valence-corrected chi connectivity index (χ0v) is 9.11. The predicted molar refractivity (Wildman–Crippen MR) is 62.4 cm³/mol. The highest BCUT2D eigenvalue weighted by molar-refractivity contribution is 5.92. The minimum absolute atomic E-state index is 0.265. The minimum atomic E-state index is -0.930. The van der Waals surface area contributed by atoms with E-state index in [1.165, 1.54) is 0 Å². The molecule has 0 aliphatic heterocycles. The first kappa shape index (κ1) is 10.4. The van der Waals surface area contributed by atoms with Gasteiger partial charge in [-0.1, -0.05) is 6.08 Å². The van der Waals surface area contributed by atoms with Crippen LogP contribution >= 0.6 is 0 Å². The Morgan fingerprint density at radius 3 is 2.88 bits per heavy atom. The molecule has 0 saturated carbocycles. The third-order valence-electron chi connectivity index (χ3n) is 2.54. The fraction of sp³-hybridized carbons (Fsp3) is 0.167. The number of hydrogen-bond acceptors (Lipinski definition) is 2. The van der Waals surface area contributed by atoms with Crippen LogP contribution in [0, 0.1) is 0 Å². The number of aromatic amines is 1. The van der Waals surface area contributed by atoms with Gasteiger partial charge in [-0.05, 0) is 37.6 Å². The van der Waals surface area contributed by atoms with Crippen molar-refractivity contribution in [1.82, 2.24) is 9.97 Å². The first-order chi connectivity index (χ1) is 7.61. The number of nitrogens with zero attached hydrogens (tertiary/aromatic N) is 1. The zero-order chi connectivity index (χ0) is 11.7. The first-order valence-corrected chi connectivity index (χ1v) is 4.98. The van der Waals surface area contributed by atoms with Crippen LogP contribution in [0.4, 0.5) is 0 Å². The molecule has 0 bridgehead atoms. The Hall–Kier alpha value is -2.10. The standard InChI is InChI=1S/C12H12N2O2/c1-3-7(2)11-13-9-5-4-8(12(15)16)6-10(9)14-11/h3-6H,1-2H3,(H,13,14)(H,15,16)/b7-3+. The molecule has 0 spiro atoms. The van der Waals surface area contributed by atoms with Crippen molar-refractivity contribution < 1.29 is 9.90 Å². The number of imidazole rings is 1. The lowest BCUT2D eigenvalue weighted by Crippen LogP contribution is -1.94. The number of fused-ring (bicyclic) bond motifs is 1. The molecule has 0 radical (unpaired) electrons. The van der Waals surface area contributed by atoms with Crippen LogP contribution in [-0.2, 0) is 0 Å². The van der Waals surface area contributed by atoms with Crippen LogP contribution in [0.15, 0.2) is 24.3 Å². The van der Waals surface area contributed by atoms with Crippen LogP contribution in [0.2, 0.25) is 0 Å². The molecule has 0 aliphatic carbocycles. The molecule has 2 N–H and O–H groups in total. The molecular formula is C12H12N2O2. The second-order valence-corrected chi connectivity index (χ2v) is 3.59. The average Bonchev–Trinajstić information content (AvgIpc) is 2.70. The van der Waals surface area contributed by atoms with Crippen molar-refractivity contribution in [3.63, 3.8) is 0 Å². The molecular weight excluding hydrogens is 204 g/mol. The SMILES string of the molecule is C/C=C(\C)c1nc2ccc(C(=O)O)cc2[nH]1. The zero-order valence-electron chi connectivity index (χ0n) is 9.11. The number of benzene rings is 1. The van der Waals surface area contributed by atoms with E-state index in [1.54, 1.807) is 18.2 Å². The number of rotatable bonds is 2. The number of allylic oxidation sites excluding steroid dienone is 2. The smallest absolute Gasteiger partial charge is 0.335 e. The minimum Gasteiger partial charge on any atom is -0.478 e. The summed E-state index contributed by atoms with van der Waals surface area (Å²) in [7, 11) is 0. The molecule has 0 fully saturated rings. The molecule has 2 rings (SSSR count). The van der Waals surface area contributed by atoms with Gasteiger partial charge in [0.25, 0.3) is 0 Å². The van der Waals surface area contributed by atoms with Gasteiger partial charge in [-0.3, -0.25) is 0 Å². The van der Waals surface area contributed by atoms with Crippen LogP contribution in [0.3, 0.4) is 0 Å². The van der Waals surface area contributed by atoms with Crippen LogP contribution in [0.5, 0.6) is 0 Å². The molecule has 82 valence electrons. The monoisotopic (exact) mass is 216 g/mol. The number of carboxylic acids is 1. The van der Waals surface area contributed by atoms with E-state index in [4.69, 9.17) is 5.11 Å². The molecule has 1 heterocycles. The fourth-order valence-electron chi connectivity index (χ4n) is 1.47. The van der Waals surface area contributed by atoms with Gasteiger partial charge in [-0.25, -0.2) is 9.78 Å². The van der Waals surface area contributed by atoms with Crippen molar-refractivity contribution in [3.05, 3.63) is 35.7 Å². The summed E-state index contributed by atoms with van der Waals surface area (Å²) in [6.45, 7) is 3.89. The van der Waals surface area contributed by atoms with Gasteiger partial charge < -0.3 is 10.1 Å². The predicted octanol–water partition coefficient (Wildman–Crippen LogP) is 2.68. The number of carboxylic acid groups (broad SMARTS) is 1. The van der Waals surface area contributed by atoms with Gasteiger partial charge in [0.2, 0.25) is 0 Å². The normalized spacial score (nSPS) is 12.0. The van der Waals surface area contributed by atoms with Crippen molar-refractivity contribution in [2.24, 2.45) is 0 Å². The Kier molecular flexibility index (Phi) is 2.48. The van der Waals surface area contributed by atoms with Gasteiger partial charge in [0.1, 0.15) is 5.82 Å². The summed E-state index contributed by atoms with van der Waals surface area (Å²) < 4.78 is 0. The lowest BCUT2D eigenvalue weighted by Gasteiger charge is -1.92. The molecule has 4 heteroatoms. The Morgan fingerprint density at radius 2 is 2.25 bits per heavy atom. The molecule has 4 nitrogen and oxygen atoms in total. The third kappa shape index (κ3) is 1.69. The average molecular weight is 216 g/mol. The molecule has 2 aromatic rings. The van der Waals surface area contributed by atoms with E-state index in [1.807, 2.05) is 19.9 Å². The topological polar surface area (TPSA) is 66.0 Å². The molecule has 1 aromatic heterocycles. The summed E-state index contributed by atoms with van der Waals surface area (Å²) in [5.41, 5.74) is 2.83. The van der Waals surface area contributed by atoms with Gasteiger partial charge in [0.05, 0.1) is 16.6 Å². The highest BCUT2D eigenvalue weighted by Gasteiger charge is 2.07. The number of nitrogens with one attached hydrogen (secondary N) is 1. The van der Waals surface area contributed by atoms with Crippen molar-refractivity contribution >= 4 is 22.6 Å². The van der Waals surface area contributed by atoms with Crippen molar-refractivity contribution in [2.75, 3.05) is 0 Å². The molecule has 1 aromatic carbocycles. The summed E-state index contributed by atoms with van der Waals surface area (Å²) in [5.74, 6) is -0.152. The van der Waals surface area contributed by atoms with E-state index in [-0.39, 0.29) is 5.56 Å². The maximum atomic E-state index is 10.8. The lowest BCUT2D eigenvalue weighted by atomic mass is 10.2. The van der Waals surface area contributed by atoms with Crippen LogP contribution in [0.25, 0.3) is 16.6 Å². The second-order valence-electron chi connectivity index (χ2n) is 3.59. The molecule has 0 amide bonds. The van der Waals surface area contributed by atoms with Gasteiger partial charge >= 0.3 is 5.97 Å². The van der Waals surface area contributed by atoms with E-state index in [9.17, 15) is 4.79 Å². The van der Waals surface area contributed by atoms with Crippen LogP contribution < -0.4 is 0 Å². The van der Waals surface area contributed by atoms with Gasteiger partial charge in [0.15, 0.2) is 0 Å². The van der Waals surface area contributed by atoms with Crippen molar-refractivity contribution in [1.29, 1.82) is 0 Å². The molecule has 0 saturated heterocycles. The summed E-state index contributed by atoms with van der Waals surface area (Å²) in [4.78, 5) is 18.3. The highest BCUT2D eigenvalue weighted by atomic mass is 16.4. The number of H-pyrrole nitrogens is 1. The van der Waals surface area contributed by atoms with E-state index in [0.29, 0.717) is 0 Å². The van der Waals surface area contributed by atoms with Crippen LogP contribution in [0.1, 0.15) is 30.0 Å². The molecule has 0 unspecified atom stereocenters. The lowest BCUT2D eigenvalue weighted by molar-refractivity contribution is 0.0697. The van der Waals surface area contributed by atoms with Crippen molar-refractivity contribution in [2.45, 2.75) is 13.8 Å². The van der Waals surface area contributed by atoms with E-state index in [2.05, 4.69) is 9.97 Å². The Morgan fingerprint density at radius 1 is 1.50 bits per heavy atom. The van der Waals surface area contributed by atoms with E-state index < -0.39 is 5.97 Å². The van der Waals surface area contributed by atoms with Gasteiger partial charge in [-0.15, -0.1) is 0 Å². The number of hydrogen-bond donors (Lipinski definition) is 2. The number of aromatic carboxylic acids is 1. The third-order valence-corrected chi connectivity index (χ3v) is 2.54. The largest absolute Gasteiger partial charge is 0.478 e. The fourth-order valence-corrected chi connectivity index (χ4v) is 1.47. The Bertz CT molecular complexity index is 582. The Labute approximate surface area is 92.6 Å². The highest BCUT2D eigenvalue weighted by Crippen LogP contribution is 2.17. The van der Waals surface area contributed by atoms with Crippen molar-refractivity contribution in [3.8, 4) is 0 Å². The summed E-state index contributed by atoms with van der Waals surface area (Å²) in [5, 5.41) is 8.86. The maximum Gasteiger partial charge on any atom is 0.335 e. The summed E-state index contributed by atoms with van der Waals surface area (Å²) >= 11 is 0. The first-order valence-electron chi connectivity index (χ1n) is 4.98. The van der Waals surface area contributed by atoms with E-state index >= 15 is 0 Å². The second kappa shape index (κ2) is 3.81. The van der Waals surface area contributed by atoms with E-state index in [0.717, 1.165) is 22.4 Å². The van der Waals surface area contributed by atoms with Gasteiger partial charge in [0, 0.05) is 0 Å².